The summed E-state index contributed by atoms with van der Waals surface area (Å²) >= 11 is 0. The van der Waals surface area contributed by atoms with Crippen molar-refractivity contribution in [3.8, 4) is 0 Å². The number of aromatic nitrogens is 1. The monoisotopic (exact) mass is 297 g/mol. The predicted octanol–water partition coefficient (Wildman–Crippen LogP) is 2.82. The minimum absolute atomic E-state index is 0.279. The lowest BCUT2D eigenvalue weighted by Gasteiger charge is -2.33. The van der Waals surface area contributed by atoms with Crippen LogP contribution in [0.1, 0.15) is 18.5 Å². The summed E-state index contributed by atoms with van der Waals surface area (Å²) in [6, 6.07) is 11.3. The Hall–Kier alpha value is -1.65. The SMILES string of the molecule is Cc1cc(NCC2CN(C3CC3)CCO2)c2ccccc2n1. The molecule has 1 atom stereocenters. The van der Waals surface area contributed by atoms with Gasteiger partial charge in [0.25, 0.3) is 0 Å². The van der Waals surface area contributed by atoms with E-state index in [2.05, 4.69) is 39.5 Å². The molecule has 1 unspecified atom stereocenters. The molecule has 1 aromatic heterocycles. The molecule has 0 bridgehead atoms. The lowest BCUT2D eigenvalue weighted by molar-refractivity contribution is -0.0241. The van der Waals surface area contributed by atoms with Gasteiger partial charge in [-0.15, -0.1) is 0 Å². The number of nitrogens with zero attached hydrogens (tertiary/aromatic N) is 2. The topological polar surface area (TPSA) is 37.4 Å². The molecule has 1 aliphatic heterocycles. The van der Waals surface area contributed by atoms with Gasteiger partial charge in [-0.05, 0) is 31.9 Å². The lowest BCUT2D eigenvalue weighted by Crippen LogP contribution is -2.46. The van der Waals surface area contributed by atoms with Crippen LogP contribution in [0, 0.1) is 6.92 Å². The van der Waals surface area contributed by atoms with E-state index in [9.17, 15) is 0 Å². The molecule has 2 heterocycles. The van der Waals surface area contributed by atoms with E-state index >= 15 is 0 Å². The number of para-hydroxylation sites is 1. The summed E-state index contributed by atoms with van der Waals surface area (Å²) < 4.78 is 5.93. The average Bonchev–Trinajstić information content (AvgIpc) is 3.37. The third kappa shape index (κ3) is 2.94. The fourth-order valence-corrected chi connectivity index (χ4v) is 3.31. The van der Waals surface area contributed by atoms with Gasteiger partial charge in [0.15, 0.2) is 0 Å². The minimum atomic E-state index is 0.279. The molecule has 0 amide bonds. The van der Waals surface area contributed by atoms with E-state index in [0.717, 1.165) is 49.2 Å². The Morgan fingerprint density at radius 2 is 2.18 bits per heavy atom. The van der Waals surface area contributed by atoms with Gasteiger partial charge in [0, 0.05) is 42.4 Å². The number of hydrogen-bond donors (Lipinski definition) is 1. The molecule has 22 heavy (non-hydrogen) atoms. The van der Waals surface area contributed by atoms with Crippen molar-refractivity contribution in [2.24, 2.45) is 0 Å². The van der Waals surface area contributed by atoms with Crippen molar-refractivity contribution in [3.63, 3.8) is 0 Å². The van der Waals surface area contributed by atoms with Crippen molar-refractivity contribution >= 4 is 16.6 Å². The maximum Gasteiger partial charge on any atom is 0.0874 e. The van der Waals surface area contributed by atoms with Crippen LogP contribution in [-0.2, 0) is 4.74 Å². The first kappa shape index (κ1) is 14.0. The van der Waals surface area contributed by atoms with Crippen molar-refractivity contribution in [1.82, 2.24) is 9.88 Å². The van der Waals surface area contributed by atoms with Crippen molar-refractivity contribution in [2.75, 3.05) is 31.6 Å². The van der Waals surface area contributed by atoms with Crippen LogP contribution in [0.5, 0.6) is 0 Å². The van der Waals surface area contributed by atoms with E-state index in [0.29, 0.717) is 0 Å². The fourth-order valence-electron chi connectivity index (χ4n) is 3.31. The maximum absolute atomic E-state index is 5.93. The number of hydrogen-bond acceptors (Lipinski definition) is 4. The quantitative estimate of drug-likeness (QED) is 0.941. The Bertz CT molecular complexity index is 668. The number of rotatable bonds is 4. The molecule has 1 N–H and O–H groups in total. The highest BCUT2D eigenvalue weighted by Crippen LogP contribution is 2.28. The zero-order valence-electron chi connectivity index (χ0n) is 13.1. The predicted molar refractivity (Wildman–Crippen MR) is 89.3 cm³/mol. The van der Waals surface area contributed by atoms with Gasteiger partial charge < -0.3 is 10.1 Å². The van der Waals surface area contributed by atoms with Crippen LogP contribution in [0.4, 0.5) is 5.69 Å². The van der Waals surface area contributed by atoms with Gasteiger partial charge in [-0.2, -0.15) is 0 Å². The molecule has 2 aliphatic rings. The van der Waals surface area contributed by atoms with Crippen molar-refractivity contribution in [3.05, 3.63) is 36.0 Å². The molecule has 0 radical (unpaired) electrons. The summed E-state index contributed by atoms with van der Waals surface area (Å²) in [5, 5.41) is 4.77. The molecule has 116 valence electrons. The van der Waals surface area contributed by atoms with E-state index in [1.165, 1.54) is 18.2 Å². The molecular weight excluding hydrogens is 274 g/mol. The van der Waals surface area contributed by atoms with Gasteiger partial charge in [-0.1, -0.05) is 18.2 Å². The van der Waals surface area contributed by atoms with Gasteiger partial charge in [0.1, 0.15) is 0 Å². The molecule has 2 fully saturated rings. The lowest BCUT2D eigenvalue weighted by atomic mass is 10.1. The average molecular weight is 297 g/mol. The van der Waals surface area contributed by atoms with E-state index in [-0.39, 0.29) is 6.10 Å². The van der Waals surface area contributed by atoms with Crippen LogP contribution < -0.4 is 5.32 Å². The molecule has 4 heteroatoms. The molecule has 4 nitrogen and oxygen atoms in total. The summed E-state index contributed by atoms with van der Waals surface area (Å²) in [6.07, 6.45) is 3.02. The zero-order valence-corrected chi connectivity index (χ0v) is 13.1. The van der Waals surface area contributed by atoms with E-state index in [1.54, 1.807) is 0 Å². The molecule has 1 aromatic carbocycles. The standard InChI is InChI=1S/C18H23N3O/c1-13-10-18(16-4-2-3-5-17(16)20-13)19-11-15-12-21(8-9-22-15)14-6-7-14/h2-5,10,14-15H,6-9,11-12H2,1H3,(H,19,20). The molecule has 1 saturated heterocycles. The number of aryl methyl sites for hydroxylation is 1. The Morgan fingerprint density at radius 3 is 3.05 bits per heavy atom. The number of nitrogens with one attached hydrogen (secondary N) is 1. The molecule has 0 spiro atoms. The summed E-state index contributed by atoms with van der Waals surface area (Å²) in [4.78, 5) is 7.18. The summed E-state index contributed by atoms with van der Waals surface area (Å²) in [5.41, 5.74) is 3.26. The first-order chi connectivity index (χ1) is 10.8. The Balaban J connectivity index is 1.47. The highest BCUT2D eigenvalue weighted by Gasteiger charge is 2.32. The summed E-state index contributed by atoms with van der Waals surface area (Å²) in [5.74, 6) is 0. The zero-order chi connectivity index (χ0) is 14.9. The van der Waals surface area contributed by atoms with Crippen molar-refractivity contribution < 1.29 is 4.74 Å². The first-order valence-corrected chi connectivity index (χ1v) is 8.25. The number of pyridine rings is 1. The first-order valence-electron chi connectivity index (χ1n) is 8.25. The number of fused-ring (bicyclic) bond motifs is 1. The highest BCUT2D eigenvalue weighted by atomic mass is 16.5. The van der Waals surface area contributed by atoms with Crippen LogP contribution in [0.2, 0.25) is 0 Å². The van der Waals surface area contributed by atoms with Crippen molar-refractivity contribution in [1.29, 1.82) is 0 Å². The Morgan fingerprint density at radius 1 is 1.32 bits per heavy atom. The molecule has 1 aliphatic carbocycles. The largest absolute Gasteiger partial charge is 0.382 e. The second kappa shape index (κ2) is 5.86. The van der Waals surface area contributed by atoms with Crippen molar-refractivity contribution in [2.45, 2.75) is 31.9 Å². The van der Waals surface area contributed by atoms with Gasteiger partial charge >= 0.3 is 0 Å². The Labute approximate surface area is 131 Å². The fraction of sp³-hybridized carbons (Fsp3) is 0.500. The maximum atomic E-state index is 5.93. The normalized spacial score (nSPS) is 22.9. The van der Waals surface area contributed by atoms with E-state index < -0.39 is 0 Å². The summed E-state index contributed by atoms with van der Waals surface area (Å²) in [6.45, 7) is 5.91. The van der Waals surface area contributed by atoms with Gasteiger partial charge in [-0.25, -0.2) is 0 Å². The number of anilines is 1. The van der Waals surface area contributed by atoms with Gasteiger partial charge in [0.05, 0.1) is 18.2 Å². The highest BCUT2D eigenvalue weighted by molar-refractivity contribution is 5.91. The van der Waals surface area contributed by atoms with Crippen LogP contribution >= 0.6 is 0 Å². The van der Waals surface area contributed by atoms with E-state index in [4.69, 9.17) is 4.74 Å². The Kier molecular flexibility index (Phi) is 3.72. The number of morpholine rings is 1. The van der Waals surface area contributed by atoms with Crippen LogP contribution in [0.3, 0.4) is 0 Å². The van der Waals surface area contributed by atoms with Gasteiger partial charge in [0.2, 0.25) is 0 Å². The summed E-state index contributed by atoms with van der Waals surface area (Å²) in [7, 11) is 0. The van der Waals surface area contributed by atoms with E-state index in [1.807, 2.05) is 13.0 Å². The molecule has 2 aromatic rings. The number of benzene rings is 1. The smallest absolute Gasteiger partial charge is 0.0874 e. The van der Waals surface area contributed by atoms with Gasteiger partial charge in [-0.3, -0.25) is 9.88 Å². The third-order valence-corrected chi connectivity index (χ3v) is 4.60. The third-order valence-electron chi connectivity index (χ3n) is 4.60. The second-order valence-electron chi connectivity index (χ2n) is 6.43. The molecular formula is C18H23N3O. The second-order valence-corrected chi connectivity index (χ2v) is 6.43. The van der Waals surface area contributed by atoms with Crippen LogP contribution in [-0.4, -0.2) is 48.3 Å². The minimum Gasteiger partial charge on any atom is -0.382 e. The molecule has 4 rings (SSSR count). The molecule has 1 saturated carbocycles. The van der Waals surface area contributed by atoms with Crippen LogP contribution in [0.15, 0.2) is 30.3 Å². The van der Waals surface area contributed by atoms with Crippen LogP contribution in [0.25, 0.3) is 10.9 Å². The number of ether oxygens (including phenoxy) is 1.